The summed E-state index contributed by atoms with van der Waals surface area (Å²) in [5.41, 5.74) is 0.982. The third kappa shape index (κ3) is 4.30. The summed E-state index contributed by atoms with van der Waals surface area (Å²) >= 11 is 0. The zero-order valence-corrected chi connectivity index (χ0v) is 18.2. The van der Waals surface area contributed by atoms with Crippen LogP contribution in [-0.2, 0) is 11.2 Å². The number of aromatic nitrogens is 2. The van der Waals surface area contributed by atoms with Gasteiger partial charge in [-0.3, -0.25) is 9.69 Å². The van der Waals surface area contributed by atoms with E-state index < -0.39 is 5.82 Å². The molecule has 2 aliphatic rings. The van der Waals surface area contributed by atoms with Crippen molar-refractivity contribution in [3.05, 3.63) is 42.1 Å². The molecular formula is C22H26FN5O4. The van der Waals surface area contributed by atoms with Gasteiger partial charge in [-0.2, -0.15) is 9.37 Å². The topological polar surface area (TPSA) is 88.1 Å². The van der Waals surface area contributed by atoms with E-state index in [4.69, 9.17) is 9.47 Å². The molecule has 10 heteroatoms. The Kier molecular flexibility index (Phi) is 6.38. The van der Waals surface area contributed by atoms with Crippen molar-refractivity contribution in [2.45, 2.75) is 25.9 Å². The first kappa shape index (κ1) is 21.8. The molecule has 0 spiro atoms. The number of aryl methyl sites for hydroxylation is 1. The van der Waals surface area contributed by atoms with Crippen LogP contribution in [0.2, 0.25) is 0 Å². The number of anilines is 1. The van der Waals surface area contributed by atoms with Crippen molar-refractivity contribution in [3.63, 3.8) is 0 Å². The van der Waals surface area contributed by atoms with Gasteiger partial charge in [0.15, 0.2) is 0 Å². The van der Waals surface area contributed by atoms with Crippen molar-refractivity contribution in [3.8, 4) is 11.6 Å². The number of rotatable bonds is 7. The standard InChI is InChI=1S/C22H26FN5O4/c1-3-16-20(23)21(25-14-24-16)32-15-8-9-26(12-15)19(29)13-27-10-11-28(22(27)30)17-6-4-5-7-18(17)31-2/h4-7,14-15H,3,8-13H2,1-2H3/t15-/m1/s1. The lowest BCUT2D eigenvalue weighted by Gasteiger charge is -2.22. The molecule has 3 amide bonds. The Bertz CT molecular complexity index is 1000. The molecule has 9 nitrogen and oxygen atoms in total. The molecule has 2 aliphatic heterocycles. The first-order valence-corrected chi connectivity index (χ1v) is 10.6. The number of halogens is 1. The van der Waals surface area contributed by atoms with Crippen LogP contribution in [0.4, 0.5) is 14.9 Å². The third-order valence-corrected chi connectivity index (χ3v) is 5.74. The number of likely N-dealkylation sites (tertiary alicyclic amines) is 1. The Labute approximate surface area is 185 Å². The van der Waals surface area contributed by atoms with Gasteiger partial charge in [-0.1, -0.05) is 19.1 Å². The number of carbonyl (C=O) groups excluding carboxylic acids is 2. The Morgan fingerprint density at radius 3 is 2.81 bits per heavy atom. The molecule has 0 N–H and O–H groups in total. The van der Waals surface area contributed by atoms with Crippen LogP contribution in [0.25, 0.3) is 0 Å². The van der Waals surface area contributed by atoms with Gasteiger partial charge in [-0.05, 0) is 18.6 Å². The van der Waals surface area contributed by atoms with Crippen molar-refractivity contribution < 1.29 is 23.5 Å². The van der Waals surface area contributed by atoms with E-state index in [-0.39, 0.29) is 30.5 Å². The maximum atomic E-state index is 14.3. The van der Waals surface area contributed by atoms with Gasteiger partial charge >= 0.3 is 6.03 Å². The first-order valence-electron chi connectivity index (χ1n) is 10.6. The number of benzene rings is 1. The summed E-state index contributed by atoms with van der Waals surface area (Å²) in [7, 11) is 1.56. The van der Waals surface area contributed by atoms with Gasteiger partial charge in [-0.15, -0.1) is 0 Å². The molecule has 0 aliphatic carbocycles. The van der Waals surface area contributed by atoms with Gasteiger partial charge in [-0.25, -0.2) is 9.78 Å². The van der Waals surface area contributed by atoms with Gasteiger partial charge < -0.3 is 19.3 Å². The molecule has 0 saturated carbocycles. The van der Waals surface area contributed by atoms with E-state index in [0.29, 0.717) is 56.2 Å². The fraction of sp³-hybridized carbons (Fsp3) is 0.455. The SMILES string of the molecule is CCc1ncnc(O[C@@H]2CCN(C(=O)CN3CCN(c4ccccc4OC)C3=O)C2)c1F. The summed E-state index contributed by atoms with van der Waals surface area (Å²) < 4.78 is 25.4. The second-order valence-electron chi connectivity index (χ2n) is 7.69. The summed E-state index contributed by atoms with van der Waals surface area (Å²) in [4.78, 5) is 38.3. The number of para-hydroxylation sites is 2. The van der Waals surface area contributed by atoms with Crippen molar-refractivity contribution in [2.75, 3.05) is 44.7 Å². The highest BCUT2D eigenvalue weighted by atomic mass is 19.1. The molecule has 0 bridgehead atoms. The highest BCUT2D eigenvalue weighted by Crippen LogP contribution is 2.30. The number of amides is 3. The number of ether oxygens (including phenoxy) is 2. The first-order chi connectivity index (χ1) is 15.5. The minimum atomic E-state index is -0.557. The average molecular weight is 443 g/mol. The van der Waals surface area contributed by atoms with Gasteiger partial charge in [0.05, 0.1) is 25.0 Å². The van der Waals surface area contributed by atoms with Crippen LogP contribution in [0.1, 0.15) is 19.0 Å². The molecule has 1 aromatic heterocycles. The highest BCUT2D eigenvalue weighted by Gasteiger charge is 2.35. The van der Waals surface area contributed by atoms with Gasteiger partial charge in [0.1, 0.15) is 24.7 Å². The maximum Gasteiger partial charge on any atom is 0.325 e. The lowest BCUT2D eigenvalue weighted by atomic mass is 10.2. The molecule has 1 aromatic carbocycles. The van der Waals surface area contributed by atoms with Crippen LogP contribution >= 0.6 is 0 Å². The Morgan fingerprint density at radius 2 is 2.03 bits per heavy atom. The third-order valence-electron chi connectivity index (χ3n) is 5.74. The number of carbonyl (C=O) groups is 2. The Hall–Kier alpha value is -3.43. The maximum absolute atomic E-state index is 14.3. The van der Waals surface area contributed by atoms with Crippen LogP contribution in [0.5, 0.6) is 11.6 Å². The van der Waals surface area contributed by atoms with Crippen LogP contribution in [0, 0.1) is 5.82 Å². The number of hydrogen-bond donors (Lipinski definition) is 0. The number of urea groups is 1. The molecule has 2 fully saturated rings. The minimum Gasteiger partial charge on any atom is -0.495 e. The summed E-state index contributed by atoms with van der Waals surface area (Å²) in [6.07, 6.45) is 1.93. The molecule has 170 valence electrons. The van der Waals surface area contributed by atoms with E-state index >= 15 is 0 Å². The van der Waals surface area contributed by atoms with Crippen LogP contribution in [0.15, 0.2) is 30.6 Å². The molecule has 2 saturated heterocycles. The number of nitrogens with zero attached hydrogens (tertiary/aromatic N) is 5. The number of hydrogen-bond acceptors (Lipinski definition) is 6. The van der Waals surface area contributed by atoms with Crippen LogP contribution in [0.3, 0.4) is 0 Å². The monoisotopic (exact) mass is 443 g/mol. The molecule has 1 atom stereocenters. The lowest BCUT2D eigenvalue weighted by Crippen LogP contribution is -2.42. The molecule has 3 heterocycles. The summed E-state index contributed by atoms with van der Waals surface area (Å²) in [5.74, 6) is -0.197. The fourth-order valence-electron chi connectivity index (χ4n) is 3.99. The quantitative estimate of drug-likeness (QED) is 0.651. The van der Waals surface area contributed by atoms with E-state index in [1.807, 2.05) is 18.2 Å². The van der Waals surface area contributed by atoms with Gasteiger partial charge in [0.25, 0.3) is 5.88 Å². The van der Waals surface area contributed by atoms with Crippen LogP contribution in [-0.4, -0.2) is 77.6 Å². The predicted molar refractivity (Wildman–Crippen MR) is 114 cm³/mol. The van der Waals surface area contributed by atoms with Gasteiger partial charge in [0.2, 0.25) is 11.7 Å². The molecule has 32 heavy (non-hydrogen) atoms. The molecule has 0 unspecified atom stereocenters. The van der Waals surface area contributed by atoms with Crippen LogP contribution < -0.4 is 14.4 Å². The molecular weight excluding hydrogens is 417 g/mol. The molecule has 4 rings (SSSR count). The van der Waals surface area contributed by atoms with Crippen molar-refractivity contribution in [2.24, 2.45) is 0 Å². The normalized spacial score (nSPS) is 18.4. The zero-order chi connectivity index (χ0) is 22.7. The average Bonchev–Trinajstić information content (AvgIpc) is 3.42. The summed E-state index contributed by atoms with van der Waals surface area (Å²) in [6.45, 7) is 3.52. The minimum absolute atomic E-state index is 0.0148. The Morgan fingerprint density at radius 1 is 1.22 bits per heavy atom. The second-order valence-corrected chi connectivity index (χ2v) is 7.69. The highest BCUT2D eigenvalue weighted by molar-refractivity contribution is 5.97. The Balaban J connectivity index is 1.34. The summed E-state index contributed by atoms with van der Waals surface area (Å²) in [6, 6.07) is 7.07. The van der Waals surface area contributed by atoms with E-state index in [1.165, 1.54) is 11.2 Å². The van der Waals surface area contributed by atoms with Gasteiger partial charge in [0, 0.05) is 26.1 Å². The number of methoxy groups -OCH3 is 1. The fourth-order valence-corrected chi connectivity index (χ4v) is 3.99. The van der Waals surface area contributed by atoms with E-state index in [1.54, 1.807) is 29.9 Å². The smallest absolute Gasteiger partial charge is 0.325 e. The molecule has 2 aromatic rings. The lowest BCUT2D eigenvalue weighted by molar-refractivity contribution is -0.130. The summed E-state index contributed by atoms with van der Waals surface area (Å²) in [5, 5.41) is 0. The largest absolute Gasteiger partial charge is 0.495 e. The van der Waals surface area contributed by atoms with Crippen molar-refractivity contribution in [1.29, 1.82) is 0 Å². The van der Waals surface area contributed by atoms with Crippen molar-refractivity contribution >= 4 is 17.6 Å². The van der Waals surface area contributed by atoms with E-state index in [2.05, 4.69) is 9.97 Å². The molecule has 0 radical (unpaired) electrons. The van der Waals surface area contributed by atoms with E-state index in [0.717, 1.165) is 0 Å². The zero-order valence-electron chi connectivity index (χ0n) is 18.2. The van der Waals surface area contributed by atoms with E-state index in [9.17, 15) is 14.0 Å². The second kappa shape index (κ2) is 9.37. The van der Waals surface area contributed by atoms with Crippen molar-refractivity contribution in [1.82, 2.24) is 19.8 Å². The predicted octanol–water partition coefficient (Wildman–Crippen LogP) is 2.11.